The molecule has 4 nitrogen and oxygen atoms in total. The highest BCUT2D eigenvalue weighted by molar-refractivity contribution is 5.66. The second kappa shape index (κ2) is 6.35. The summed E-state index contributed by atoms with van der Waals surface area (Å²) in [6.45, 7) is 1.11. The van der Waals surface area contributed by atoms with E-state index in [-0.39, 0.29) is 6.09 Å². The summed E-state index contributed by atoms with van der Waals surface area (Å²) < 4.78 is 4.69. The molecule has 0 aromatic heterocycles. The molecule has 4 heteroatoms. The number of hydrogen-bond donors (Lipinski definition) is 2. The number of hydrogen-bond acceptors (Lipinski definition) is 3. The van der Waals surface area contributed by atoms with Gasteiger partial charge in [0.1, 0.15) is 0 Å². The van der Waals surface area contributed by atoms with Gasteiger partial charge in [0.25, 0.3) is 0 Å². The fraction of sp³-hybridized carbons (Fsp3) is 0.833. The maximum absolute atomic E-state index is 10.4. The Bertz CT molecular complexity index is 95.7. The van der Waals surface area contributed by atoms with Gasteiger partial charge in [0.05, 0.1) is 6.61 Å². The Morgan fingerprint density at radius 3 is 2.80 bits per heavy atom. The molecule has 0 bridgehead atoms. The number of nitrogens with one attached hydrogen (secondary N) is 1. The van der Waals surface area contributed by atoms with Gasteiger partial charge < -0.3 is 15.8 Å². The van der Waals surface area contributed by atoms with Crippen LogP contribution in [0.25, 0.3) is 0 Å². The summed E-state index contributed by atoms with van der Waals surface area (Å²) in [5.74, 6) is 0. The minimum Gasteiger partial charge on any atom is -0.450 e. The standard InChI is InChI=1S/C6H14N2O2/c1-8-6(9)10-5-3-2-4-7/h2-5,7H2,1H3,(H,8,9). The van der Waals surface area contributed by atoms with Crippen LogP contribution in [-0.4, -0.2) is 26.3 Å². The molecule has 0 radical (unpaired) electrons. The first-order valence-corrected chi connectivity index (χ1v) is 3.36. The van der Waals surface area contributed by atoms with Gasteiger partial charge in [0.15, 0.2) is 0 Å². The van der Waals surface area contributed by atoms with Crippen LogP contribution in [0.2, 0.25) is 0 Å². The monoisotopic (exact) mass is 146 g/mol. The largest absolute Gasteiger partial charge is 0.450 e. The third-order valence-electron chi connectivity index (χ3n) is 1.04. The molecule has 0 aliphatic heterocycles. The van der Waals surface area contributed by atoms with Gasteiger partial charge in [-0.1, -0.05) is 0 Å². The van der Waals surface area contributed by atoms with E-state index in [1.807, 2.05) is 0 Å². The van der Waals surface area contributed by atoms with Crippen molar-refractivity contribution in [2.45, 2.75) is 12.8 Å². The first-order valence-electron chi connectivity index (χ1n) is 3.36. The van der Waals surface area contributed by atoms with Crippen molar-refractivity contribution in [2.24, 2.45) is 5.73 Å². The van der Waals surface area contributed by atoms with E-state index in [1.165, 1.54) is 7.05 Å². The third kappa shape index (κ3) is 5.37. The Balaban J connectivity index is 2.96. The molecule has 1 amide bonds. The van der Waals surface area contributed by atoms with E-state index in [2.05, 4.69) is 10.1 Å². The highest BCUT2D eigenvalue weighted by Crippen LogP contribution is 1.86. The van der Waals surface area contributed by atoms with Gasteiger partial charge in [-0.05, 0) is 19.4 Å². The van der Waals surface area contributed by atoms with Crippen LogP contribution < -0.4 is 11.1 Å². The predicted octanol–water partition coefficient (Wildman–Crippen LogP) is 0.0813. The maximum Gasteiger partial charge on any atom is 0.406 e. The summed E-state index contributed by atoms with van der Waals surface area (Å²) in [7, 11) is 1.53. The summed E-state index contributed by atoms with van der Waals surface area (Å²) in [5, 5.41) is 2.35. The molecule has 10 heavy (non-hydrogen) atoms. The zero-order valence-corrected chi connectivity index (χ0v) is 6.22. The van der Waals surface area contributed by atoms with Crippen LogP contribution in [0.3, 0.4) is 0 Å². The molecule has 0 aromatic carbocycles. The Morgan fingerprint density at radius 2 is 2.30 bits per heavy atom. The van der Waals surface area contributed by atoms with Crippen LogP contribution in [0.1, 0.15) is 12.8 Å². The average Bonchev–Trinajstić information content (AvgIpc) is 1.98. The summed E-state index contributed by atoms with van der Waals surface area (Å²) in [5.41, 5.74) is 5.22. The number of amides is 1. The molecule has 3 N–H and O–H groups in total. The summed E-state index contributed by atoms with van der Waals surface area (Å²) in [4.78, 5) is 10.4. The molecule has 0 saturated heterocycles. The lowest BCUT2D eigenvalue weighted by molar-refractivity contribution is 0.146. The summed E-state index contributed by atoms with van der Waals surface area (Å²) >= 11 is 0. The molecule has 0 aromatic rings. The lowest BCUT2D eigenvalue weighted by atomic mass is 10.3. The second-order valence-corrected chi connectivity index (χ2v) is 1.88. The van der Waals surface area contributed by atoms with Crippen molar-refractivity contribution < 1.29 is 9.53 Å². The fourth-order valence-electron chi connectivity index (χ4n) is 0.483. The molecule has 0 saturated carbocycles. The zero-order chi connectivity index (χ0) is 7.82. The number of ether oxygens (including phenoxy) is 1. The van der Waals surface area contributed by atoms with E-state index in [4.69, 9.17) is 5.73 Å². The number of carbonyl (C=O) groups is 1. The lowest BCUT2D eigenvalue weighted by Crippen LogP contribution is -2.19. The Hall–Kier alpha value is -0.770. The second-order valence-electron chi connectivity index (χ2n) is 1.88. The van der Waals surface area contributed by atoms with E-state index in [0.29, 0.717) is 13.2 Å². The van der Waals surface area contributed by atoms with Crippen LogP contribution in [0.5, 0.6) is 0 Å². The zero-order valence-electron chi connectivity index (χ0n) is 6.22. The minimum atomic E-state index is -0.378. The molecular weight excluding hydrogens is 132 g/mol. The molecule has 0 rings (SSSR count). The minimum absolute atomic E-state index is 0.378. The number of nitrogens with two attached hydrogens (primary N) is 1. The van der Waals surface area contributed by atoms with Crippen molar-refractivity contribution in [3.63, 3.8) is 0 Å². The third-order valence-corrected chi connectivity index (χ3v) is 1.04. The van der Waals surface area contributed by atoms with Crippen LogP contribution in [-0.2, 0) is 4.74 Å². The molecule has 60 valence electrons. The first-order chi connectivity index (χ1) is 4.81. The van der Waals surface area contributed by atoms with Gasteiger partial charge in [-0.2, -0.15) is 0 Å². The van der Waals surface area contributed by atoms with Gasteiger partial charge in [0, 0.05) is 7.05 Å². The molecule has 0 aliphatic rings. The lowest BCUT2D eigenvalue weighted by Gasteiger charge is -2.01. The number of unbranched alkanes of at least 4 members (excludes halogenated alkanes) is 1. The number of carbonyl (C=O) groups excluding carboxylic acids is 1. The predicted molar refractivity (Wildman–Crippen MR) is 38.7 cm³/mol. The van der Waals surface area contributed by atoms with E-state index in [1.54, 1.807) is 0 Å². The maximum atomic E-state index is 10.4. The van der Waals surface area contributed by atoms with Crippen LogP contribution in [0.15, 0.2) is 0 Å². The topological polar surface area (TPSA) is 64.3 Å². The molecule has 0 atom stereocenters. The average molecular weight is 146 g/mol. The Labute approximate surface area is 60.7 Å². The van der Waals surface area contributed by atoms with E-state index < -0.39 is 0 Å². The summed E-state index contributed by atoms with van der Waals surface area (Å²) in [6.07, 6.45) is 1.36. The van der Waals surface area contributed by atoms with Crippen molar-refractivity contribution in [2.75, 3.05) is 20.2 Å². The normalized spacial score (nSPS) is 9.00. The highest BCUT2D eigenvalue weighted by Gasteiger charge is 1.94. The first kappa shape index (κ1) is 9.23. The fourth-order valence-corrected chi connectivity index (χ4v) is 0.483. The van der Waals surface area contributed by atoms with Crippen molar-refractivity contribution in [1.82, 2.24) is 5.32 Å². The Morgan fingerprint density at radius 1 is 1.60 bits per heavy atom. The van der Waals surface area contributed by atoms with E-state index in [9.17, 15) is 4.79 Å². The van der Waals surface area contributed by atoms with Crippen LogP contribution >= 0.6 is 0 Å². The molecule has 0 aliphatic carbocycles. The van der Waals surface area contributed by atoms with E-state index >= 15 is 0 Å². The summed E-state index contributed by atoms with van der Waals surface area (Å²) in [6, 6.07) is 0. The van der Waals surface area contributed by atoms with Gasteiger partial charge >= 0.3 is 6.09 Å². The molecule has 0 unspecified atom stereocenters. The van der Waals surface area contributed by atoms with Gasteiger partial charge in [-0.25, -0.2) is 4.79 Å². The molecule has 0 heterocycles. The van der Waals surface area contributed by atoms with Crippen LogP contribution in [0, 0.1) is 0 Å². The van der Waals surface area contributed by atoms with Crippen molar-refractivity contribution in [3.8, 4) is 0 Å². The molecule has 0 fully saturated rings. The van der Waals surface area contributed by atoms with Crippen LogP contribution in [0.4, 0.5) is 4.79 Å². The van der Waals surface area contributed by atoms with Crippen molar-refractivity contribution >= 4 is 6.09 Å². The van der Waals surface area contributed by atoms with Gasteiger partial charge in [-0.15, -0.1) is 0 Å². The number of rotatable bonds is 4. The molecular formula is C6H14N2O2. The number of alkyl carbamates (subject to hydrolysis) is 1. The quantitative estimate of drug-likeness (QED) is 0.552. The van der Waals surface area contributed by atoms with Gasteiger partial charge in [-0.3, -0.25) is 0 Å². The molecule has 0 spiro atoms. The van der Waals surface area contributed by atoms with Crippen molar-refractivity contribution in [3.05, 3.63) is 0 Å². The van der Waals surface area contributed by atoms with Gasteiger partial charge in [0.2, 0.25) is 0 Å². The Kier molecular flexibility index (Phi) is 5.86. The smallest absolute Gasteiger partial charge is 0.406 e. The SMILES string of the molecule is CNC(=O)OCCCCN. The van der Waals surface area contributed by atoms with Crippen molar-refractivity contribution in [1.29, 1.82) is 0 Å². The highest BCUT2D eigenvalue weighted by atomic mass is 16.5. The van der Waals surface area contributed by atoms with E-state index in [0.717, 1.165) is 12.8 Å².